The number of aromatic nitrogens is 2. The molecule has 0 radical (unpaired) electrons. The molecule has 0 amide bonds. The van der Waals surface area contributed by atoms with Gasteiger partial charge in [-0.3, -0.25) is 4.68 Å². The van der Waals surface area contributed by atoms with E-state index in [4.69, 9.17) is 11.6 Å². The Hall–Kier alpha value is -0.800. The Morgan fingerprint density at radius 1 is 1.77 bits per heavy atom. The van der Waals surface area contributed by atoms with Crippen LogP contribution in [0.4, 0.5) is 0 Å². The van der Waals surface area contributed by atoms with Gasteiger partial charge in [0.25, 0.3) is 0 Å². The van der Waals surface area contributed by atoms with Crippen molar-refractivity contribution in [1.29, 1.82) is 0 Å². The van der Waals surface area contributed by atoms with Gasteiger partial charge in [0.05, 0.1) is 17.3 Å². The highest BCUT2D eigenvalue weighted by molar-refractivity contribution is 6.31. The lowest BCUT2D eigenvalue weighted by Gasteiger charge is -2.04. The second-order valence-electron chi connectivity index (χ2n) is 3.04. The van der Waals surface area contributed by atoms with Gasteiger partial charge in [-0.05, 0) is 19.5 Å². The summed E-state index contributed by atoms with van der Waals surface area (Å²) in [7, 11) is 1.90. The molecular formula is C9H14ClN3. The van der Waals surface area contributed by atoms with Crippen molar-refractivity contribution in [2.24, 2.45) is 0 Å². The van der Waals surface area contributed by atoms with Crippen LogP contribution in [0, 0.1) is 6.92 Å². The van der Waals surface area contributed by atoms with Gasteiger partial charge >= 0.3 is 0 Å². The Kier molecular flexibility index (Phi) is 3.51. The van der Waals surface area contributed by atoms with E-state index in [1.807, 2.05) is 20.2 Å². The molecule has 1 aromatic heterocycles. The third kappa shape index (κ3) is 2.86. The zero-order valence-electron chi connectivity index (χ0n) is 7.97. The molecule has 4 heteroatoms. The molecule has 1 N–H and O–H groups in total. The summed E-state index contributed by atoms with van der Waals surface area (Å²) in [4.78, 5) is 0. The lowest BCUT2D eigenvalue weighted by Crippen LogP contribution is -2.14. The minimum atomic E-state index is 0.706. The fourth-order valence-electron chi connectivity index (χ4n) is 1.11. The summed E-state index contributed by atoms with van der Waals surface area (Å²) >= 11 is 5.86. The second-order valence-corrected chi connectivity index (χ2v) is 3.45. The van der Waals surface area contributed by atoms with Gasteiger partial charge in [-0.1, -0.05) is 18.2 Å². The number of hydrogen-bond donors (Lipinski definition) is 1. The minimum Gasteiger partial charge on any atom is -0.316 e. The van der Waals surface area contributed by atoms with Crippen molar-refractivity contribution in [3.63, 3.8) is 0 Å². The molecule has 0 aliphatic carbocycles. The first-order valence-corrected chi connectivity index (χ1v) is 4.52. The third-order valence-electron chi connectivity index (χ3n) is 1.70. The summed E-state index contributed by atoms with van der Waals surface area (Å²) in [5, 5.41) is 7.97. The van der Waals surface area contributed by atoms with Gasteiger partial charge in [0, 0.05) is 12.7 Å². The molecule has 0 unspecified atom stereocenters. The summed E-state index contributed by atoms with van der Waals surface area (Å²) in [6.45, 7) is 7.32. The van der Waals surface area contributed by atoms with Gasteiger partial charge in [-0.25, -0.2) is 0 Å². The van der Waals surface area contributed by atoms with Gasteiger partial charge in [-0.2, -0.15) is 5.10 Å². The first-order valence-electron chi connectivity index (χ1n) is 4.14. The van der Waals surface area contributed by atoms with E-state index in [0.717, 1.165) is 17.8 Å². The highest BCUT2D eigenvalue weighted by Crippen LogP contribution is 2.12. The van der Waals surface area contributed by atoms with Crippen LogP contribution in [-0.2, 0) is 6.54 Å². The molecule has 3 nitrogen and oxygen atoms in total. The average Bonchev–Trinajstić information content (AvgIpc) is 2.31. The van der Waals surface area contributed by atoms with Gasteiger partial charge in [-0.15, -0.1) is 0 Å². The van der Waals surface area contributed by atoms with Crippen molar-refractivity contribution in [1.82, 2.24) is 15.1 Å². The van der Waals surface area contributed by atoms with E-state index in [9.17, 15) is 0 Å². The SMILES string of the molecule is C=C(CNC)Cn1cc(Cl)c(C)n1. The maximum Gasteiger partial charge on any atom is 0.0815 e. The monoisotopic (exact) mass is 199 g/mol. The molecule has 1 rings (SSSR count). The van der Waals surface area contributed by atoms with Gasteiger partial charge in [0.15, 0.2) is 0 Å². The molecule has 72 valence electrons. The number of hydrogen-bond acceptors (Lipinski definition) is 2. The van der Waals surface area contributed by atoms with E-state index in [1.54, 1.807) is 4.68 Å². The first kappa shape index (κ1) is 10.3. The Bertz CT molecular complexity index is 284. The second kappa shape index (κ2) is 4.44. The number of nitrogens with one attached hydrogen (secondary N) is 1. The van der Waals surface area contributed by atoms with Gasteiger partial charge < -0.3 is 5.32 Å². The Labute approximate surface area is 83.4 Å². The Morgan fingerprint density at radius 2 is 2.46 bits per heavy atom. The van der Waals surface area contributed by atoms with Gasteiger partial charge in [0.2, 0.25) is 0 Å². The number of nitrogens with zero attached hydrogens (tertiary/aromatic N) is 2. The molecule has 1 aromatic rings. The molecule has 0 aliphatic heterocycles. The molecule has 0 atom stereocenters. The molecule has 0 fully saturated rings. The zero-order valence-corrected chi connectivity index (χ0v) is 8.73. The standard InChI is InChI=1S/C9H14ClN3/c1-7(4-11-3)5-13-6-9(10)8(2)12-13/h6,11H,1,4-5H2,2-3H3. The molecule has 13 heavy (non-hydrogen) atoms. The number of rotatable bonds is 4. The predicted molar refractivity (Wildman–Crippen MR) is 55.0 cm³/mol. The highest BCUT2D eigenvalue weighted by atomic mass is 35.5. The Balaban J connectivity index is 2.59. The highest BCUT2D eigenvalue weighted by Gasteiger charge is 2.02. The maximum atomic E-state index is 5.86. The van der Waals surface area contributed by atoms with Crippen LogP contribution in [0.2, 0.25) is 5.02 Å². The van der Waals surface area contributed by atoms with Crippen molar-refractivity contribution < 1.29 is 0 Å². The van der Waals surface area contributed by atoms with Crippen LogP contribution in [0.5, 0.6) is 0 Å². The Morgan fingerprint density at radius 3 is 2.92 bits per heavy atom. The summed E-state index contributed by atoms with van der Waals surface area (Å²) in [5.41, 5.74) is 1.94. The number of aryl methyl sites for hydroxylation is 1. The summed E-state index contributed by atoms with van der Waals surface area (Å²) in [6, 6.07) is 0. The van der Waals surface area contributed by atoms with E-state index < -0.39 is 0 Å². The van der Waals surface area contributed by atoms with Crippen LogP contribution >= 0.6 is 11.6 Å². The van der Waals surface area contributed by atoms with E-state index >= 15 is 0 Å². The van der Waals surface area contributed by atoms with Crippen LogP contribution < -0.4 is 5.32 Å². The first-order chi connectivity index (χ1) is 6.13. The molecule has 0 aromatic carbocycles. The normalized spacial score (nSPS) is 10.4. The molecule has 1 heterocycles. The fraction of sp³-hybridized carbons (Fsp3) is 0.444. The lowest BCUT2D eigenvalue weighted by molar-refractivity contribution is 0.651. The lowest BCUT2D eigenvalue weighted by atomic mass is 10.3. The third-order valence-corrected chi connectivity index (χ3v) is 2.07. The predicted octanol–water partition coefficient (Wildman–Crippen LogP) is 1.62. The van der Waals surface area contributed by atoms with Crippen molar-refractivity contribution in [3.8, 4) is 0 Å². The van der Waals surface area contributed by atoms with E-state index in [-0.39, 0.29) is 0 Å². The zero-order chi connectivity index (χ0) is 9.84. The average molecular weight is 200 g/mol. The van der Waals surface area contributed by atoms with Crippen molar-refractivity contribution in [3.05, 3.63) is 29.1 Å². The largest absolute Gasteiger partial charge is 0.316 e. The van der Waals surface area contributed by atoms with Crippen LogP contribution in [-0.4, -0.2) is 23.4 Å². The molecule has 0 spiro atoms. The van der Waals surface area contributed by atoms with Crippen LogP contribution in [0.15, 0.2) is 18.3 Å². The van der Waals surface area contributed by atoms with E-state index in [0.29, 0.717) is 11.6 Å². The van der Waals surface area contributed by atoms with Crippen LogP contribution in [0.3, 0.4) is 0 Å². The van der Waals surface area contributed by atoms with Crippen molar-refractivity contribution >= 4 is 11.6 Å². The van der Waals surface area contributed by atoms with Crippen molar-refractivity contribution in [2.45, 2.75) is 13.5 Å². The van der Waals surface area contributed by atoms with Gasteiger partial charge in [0.1, 0.15) is 0 Å². The molecule has 0 bridgehead atoms. The smallest absolute Gasteiger partial charge is 0.0815 e. The minimum absolute atomic E-state index is 0.706. The number of likely N-dealkylation sites (N-methyl/N-ethyl adjacent to an activating group) is 1. The van der Waals surface area contributed by atoms with Crippen LogP contribution in [0.25, 0.3) is 0 Å². The molecule has 0 saturated heterocycles. The molecule has 0 saturated carbocycles. The summed E-state index contributed by atoms with van der Waals surface area (Å²) in [6.07, 6.45) is 1.82. The number of halogens is 1. The quantitative estimate of drug-likeness (QED) is 0.747. The van der Waals surface area contributed by atoms with E-state index in [1.165, 1.54) is 0 Å². The molecular weight excluding hydrogens is 186 g/mol. The fourth-order valence-corrected chi connectivity index (χ4v) is 1.26. The topological polar surface area (TPSA) is 29.9 Å². The summed E-state index contributed by atoms with van der Waals surface area (Å²) < 4.78 is 1.80. The van der Waals surface area contributed by atoms with E-state index in [2.05, 4.69) is 17.0 Å². The molecule has 0 aliphatic rings. The maximum absolute atomic E-state index is 5.86. The van der Waals surface area contributed by atoms with Crippen LogP contribution in [0.1, 0.15) is 5.69 Å². The summed E-state index contributed by atoms with van der Waals surface area (Å²) in [5.74, 6) is 0. The van der Waals surface area contributed by atoms with Crippen molar-refractivity contribution in [2.75, 3.05) is 13.6 Å².